The number of methoxy groups -OCH3 is 2. The van der Waals surface area contributed by atoms with Crippen LogP contribution in [0.1, 0.15) is 28.9 Å². The third kappa shape index (κ3) is 4.46. The average molecular weight is 431 g/mol. The van der Waals surface area contributed by atoms with Crippen molar-refractivity contribution >= 4 is 29.0 Å². The molecule has 2 aliphatic rings. The molecule has 9 heteroatoms. The largest absolute Gasteiger partial charge is 0.464 e. The highest BCUT2D eigenvalue weighted by atomic mass is 32.1. The lowest BCUT2D eigenvalue weighted by molar-refractivity contribution is -0.123. The number of hydrogen-bond donors (Lipinski definition) is 1. The minimum Gasteiger partial charge on any atom is -0.464 e. The molecular formula is C21H26N4O4S. The molecule has 2 aromatic heterocycles. The zero-order valence-corrected chi connectivity index (χ0v) is 17.9. The molecular weight excluding hydrogens is 404 g/mol. The predicted octanol–water partition coefficient (Wildman–Crippen LogP) is 1.91. The van der Waals surface area contributed by atoms with Crippen molar-refractivity contribution in [2.45, 2.75) is 31.4 Å². The molecule has 0 spiro atoms. The summed E-state index contributed by atoms with van der Waals surface area (Å²) >= 11 is 1.60. The molecule has 30 heavy (non-hydrogen) atoms. The van der Waals surface area contributed by atoms with E-state index in [0.717, 1.165) is 37.3 Å². The van der Waals surface area contributed by atoms with Crippen LogP contribution >= 0.6 is 11.3 Å². The number of ether oxygens (including phenoxy) is 2. The number of thiophene rings is 1. The molecule has 2 fully saturated rings. The highest BCUT2D eigenvalue weighted by Crippen LogP contribution is 2.38. The average Bonchev–Trinajstić information content (AvgIpc) is 3.42. The topological polar surface area (TPSA) is 93.7 Å². The molecule has 1 aliphatic carbocycles. The summed E-state index contributed by atoms with van der Waals surface area (Å²) in [5.74, 6) is 1.22. The zero-order chi connectivity index (χ0) is 21.1. The number of nitrogens with one attached hydrogen (secondary N) is 1. The summed E-state index contributed by atoms with van der Waals surface area (Å²) in [5, 5.41) is 15.4. The number of aromatic nitrogens is 2. The normalized spacial score (nSPS) is 25.6. The summed E-state index contributed by atoms with van der Waals surface area (Å²) in [5.41, 5.74) is 1.24. The Morgan fingerprint density at radius 1 is 1.17 bits per heavy atom. The van der Waals surface area contributed by atoms with Gasteiger partial charge >= 0.3 is 5.97 Å². The Balaban J connectivity index is 1.38. The quantitative estimate of drug-likeness (QED) is 0.700. The Hall–Kier alpha value is -2.52. The predicted molar refractivity (Wildman–Crippen MR) is 113 cm³/mol. The maximum Gasteiger partial charge on any atom is 0.358 e. The second kappa shape index (κ2) is 9.09. The van der Waals surface area contributed by atoms with Crippen LogP contribution in [-0.2, 0) is 20.7 Å². The first-order valence-electron chi connectivity index (χ1n) is 10.1. The number of rotatable bonds is 6. The summed E-state index contributed by atoms with van der Waals surface area (Å²) in [6.45, 7) is 1.72. The van der Waals surface area contributed by atoms with Crippen molar-refractivity contribution < 1.29 is 19.1 Å². The van der Waals surface area contributed by atoms with Gasteiger partial charge in [0.1, 0.15) is 0 Å². The second-order valence-corrected chi connectivity index (χ2v) is 8.70. The number of anilines is 1. The fourth-order valence-corrected chi connectivity index (χ4v) is 5.23. The Kier molecular flexibility index (Phi) is 6.29. The van der Waals surface area contributed by atoms with Gasteiger partial charge in [0, 0.05) is 20.2 Å². The Morgan fingerprint density at radius 3 is 2.60 bits per heavy atom. The van der Waals surface area contributed by atoms with Crippen LogP contribution in [-0.4, -0.2) is 61.5 Å². The molecule has 0 bridgehead atoms. The molecule has 8 nitrogen and oxygen atoms in total. The van der Waals surface area contributed by atoms with E-state index in [1.54, 1.807) is 24.5 Å². The fourth-order valence-electron chi connectivity index (χ4n) is 4.56. The van der Waals surface area contributed by atoms with Gasteiger partial charge in [-0.1, -0.05) is 0 Å². The molecule has 0 unspecified atom stereocenters. The number of hydrogen-bond acceptors (Lipinski definition) is 8. The maximum atomic E-state index is 12.5. The van der Waals surface area contributed by atoms with Crippen LogP contribution in [0.15, 0.2) is 29.0 Å². The lowest BCUT2D eigenvalue weighted by Crippen LogP contribution is -2.50. The molecule has 160 valence electrons. The highest BCUT2D eigenvalue weighted by molar-refractivity contribution is 7.08. The van der Waals surface area contributed by atoms with Crippen LogP contribution in [0.2, 0.25) is 0 Å². The van der Waals surface area contributed by atoms with E-state index in [2.05, 4.69) is 25.2 Å². The molecule has 1 saturated heterocycles. The van der Waals surface area contributed by atoms with E-state index in [0.29, 0.717) is 18.3 Å². The lowest BCUT2D eigenvalue weighted by atomic mass is 9.77. The third-order valence-corrected chi connectivity index (χ3v) is 6.81. The van der Waals surface area contributed by atoms with Crippen LogP contribution in [0.25, 0.3) is 0 Å². The van der Waals surface area contributed by atoms with Crippen molar-refractivity contribution in [3.05, 3.63) is 40.2 Å². The van der Waals surface area contributed by atoms with E-state index in [9.17, 15) is 9.59 Å². The molecule has 3 heterocycles. The van der Waals surface area contributed by atoms with E-state index >= 15 is 0 Å². The molecule has 0 aromatic carbocycles. The SMILES string of the molecule is COC(=O)c1ccc(N2C[C@H]3C[C@H](OC)[C@@H](NC(=O)Cc4ccsc4)C[C@H]3C2)nn1. The number of esters is 1. The van der Waals surface area contributed by atoms with Gasteiger partial charge in [0.25, 0.3) is 0 Å². The minimum atomic E-state index is -0.492. The molecule has 0 radical (unpaired) electrons. The Labute approximate surface area is 179 Å². The van der Waals surface area contributed by atoms with E-state index < -0.39 is 5.97 Å². The molecule has 1 aliphatic heterocycles. The lowest BCUT2D eigenvalue weighted by Gasteiger charge is -2.37. The summed E-state index contributed by atoms with van der Waals surface area (Å²) in [6, 6.07) is 5.44. The van der Waals surface area contributed by atoms with Crippen LogP contribution in [0.4, 0.5) is 5.82 Å². The van der Waals surface area contributed by atoms with Crippen LogP contribution in [0.5, 0.6) is 0 Å². The number of nitrogens with zero attached hydrogens (tertiary/aromatic N) is 3. The van der Waals surface area contributed by atoms with E-state index in [1.807, 2.05) is 22.9 Å². The zero-order valence-electron chi connectivity index (χ0n) is 17.1. The van der Waals surface area contributed by atoms with E-state index in [-0.39, 0.29) is 23.7 Å². The minimum absolute atomic E-state index is 0.00501. The summed E-state index contributed by atoms with van der Waals surface area (Å²) in [6.07, 6.45) is 2.18. The molecule has 2 aromatic rings. The number of amides is 1. The van der Waals surface area contributed by atoms with Gasteiger partial charge in [-0.25, -0.2) is 4.79 Å². The van der Waals surface area contributed by atoms with Crippen molar-refractivity contribution in [2.24, 2.45) is 11.8 Å². The van der Waals surface area contributed by atoms with Gasteiger partial charge in [0.15, 0.2) is 11.5 Å². The first-order chi connectivity index (χ1) is 14.6. The first-order valence-corrected chi connectivity index (χ1v) is 11.0. The van der Waals surface area contributed by atoms with Crippen molar-refractivity contribution in [1.29, 1.82) is 0 Å². The van der Waals surface area contributed by atoms with E-state index in [4.69, 9.17) is 4.74 Å². The smallest absolute Gasteiger partial charge is 0.358 e. The molecule has 4 atom stereocenters. The fraction of sp³-hybridized carbons (Fsp3) is 0.524. The van der Waals surface area contributed by atoms with Crippen molar-refractivity contribution in [3.63, 3.8) is 0 Å². The number of carbonyl (C=O) groups excluding carboxylic acids is 2. The third-order valence-electron chi connectivity index (χ3n) is 6.08. The number of fused-ring (bicyclic) bond motifs is 1. The van der Waals surface area contributed by atoms with Gasteiger partial charge in [-0.05, 0) is 59.2 Å². The van der Waals surface area contributed by atoms with E-state index in [1.165, 1.54) is 7.11 Å². The Morgan fingerprint density at radius 2 is 1.97 bits per heavy atom. The van der Waals surface area contributed by atoms with Crippen LogP contribution in [0.3, 0.4) is 0 Å². The van der Waals surface area contributed by atoms with Gasteiger partial charge in [-0.3, -0.25) is 4.79 Å². The first kappa shape index (κ1) is 20.7. The van der Waals surface area contributed by atoms with Crippen molar-refractivity contribution in [1.82, 2.24) is 15.5 Å². The van der Waals surface area contributed by atoms with Crippen molar-refractivity contribution in [2.75, 3.05) is 32.2 Å². The van der Waals surface area contributed by atoms with Gasteiger partial charge in [-0.15, -0.1) is 10.2 Å². The monoisotopic (exact) mass is 430 g/mol. The standard InChI is InChI=1S/C21H26N4O4S/c1-28-18-9-15-11-25(19-4-3-16(23-24-19)21(27)29-2)10-14(15)8-17(18)22-20(26)7-13-5-6-30-12-13/h3-6,12,14-15,17-18H,7-11H2,1-2H3,(H,22,26)/t14-,15+,17-,18-/m0/s1. The van der Waals surface area contributed by atoms with Crippen LogP contribution in [0, 0.1) is 11.8 Å². The highest BCUT2D eigenvalue weighted by Gasteiger charge is 2.43. The summed E-state index contributed by atoms with van der Waals surface area (Å²) in [7, 11) is 3.04. The summed E-state index contributed by atoms with van der Waals surface area (Å²) < 4.78 is 10.4. The number of carbonyl (C=O) groups is 2. The molecule has 4 rings (SSSR count). The second-order valence-electron chi connectivity index (χ2n) is 7.92. The Bertz CT molecular complexity index is 874. The van der Waals surface area contributed by atoms with Gasteiger partial charge < -0.3 is 19.7 Å². The van der Waals surface area contributed by atoms with Gasteiger partial charge in [0.2, 0.25) is 5.91 Å². The van der Waals surface area contributed by atoms with Crippen LogP contribution < -0.4 is 10.2 Å². The summed E-state index contributed by atoms with van der Waals surface area (Å²) in [4.78, 5) is 26.3. The van der Waals surface area contributed by atoms with Gasteiger partial charge in [-0.2, -0.15) is 11.3 Å². The molecule has 1 N–H and O–H groups in total. The maximum absolute atomic E-state index is 12.5. The molecule has 1 saturated carbocycles. The van der Waals surface area contributed by atoms with Crippen molar-refractivity contribution in [3.8, 4) is 0 Å². The van der Waals surface area contributed by atoms with Gasteiger partial charge in [0.05, 0.1) is 25.7 Å². The molecule has 1 amide bonds.